The highest BCUT2D eigenvalue weighted by atomic mass is 16.5. The molecule has 0 saturated carbocycles. The van der Waals surface area contributed by atoms with Crippen LogP contribution in [0.25, 0.3) is 0 Å². The van der Waals surface area contributed by atoms with Gasteiger partial charge in [0.15, 0.2) is 0 Å². The van der Waals surface area contributed by atoms with Gasteiger partial charge in [0.2, 0.25) is 0 Å². The zero-order valence-corrected chi connectivity index (χ0v) is 5.60. The minimum absolute atomic E-state index is 0.693. The Balaban J connectivity index is 1.97. The summed E-state index contributed by atoms with van der Waals surface area (Å²) in [6.07, 6.45) is 2.64. The molecule has 0 radical (unpaired) electrons. The molecule has 2 fully saturated rings. The Morgan fingerprint density at radius 1 is 1.33 bits per heavy atom. The monoisotopic (exact) mass is 127 g/mol. The lowest BCUT2D eigenvalue weighted by atomic mass is 9.96. The third kappa shape index (κ3) is 0.970. The number of rotatable bonds is 0. The highest BCUT2D eigenvalue weighted by molar-refractivity contribution is 4.85. The van der Waals surface area contributed by atoms with E-state index in [9.17, 15) is 0 Å². The molecule has 0 aromatic heterocycles. The molecule has 2 heteroatoms. The average Bonchev–Trinajstić information content (AvgIpc) is 2.33. The minimum Gasteiger partial charge on any atom is -0.380 e. The first kappa shape index (κ1) is 5.69. The normalized spacial score (nSPS) is 42.7. The van der Waals surface area contributed by atoms with E-state index in [1.54, 1.807) is 0 Å². The van der Waals surface area contributed by atoms with E-state index in [-0.39, 0.29) is 0 Å². The fraction of sp³-hybridized carbons (Fsp3) is 1.00. The van der Waals surface area contributed by atoms with Crippen LogP contribution in [0.5, 0.6) is 0 Å². The second-order valence-corrected chi connectivity index (χ2v) is 2.97. The lowest BCUT2D eigenvalue weighted by molar-refractivity contribution is 0.0526. The largest absolute Gasteiger partial charge is 0.380 e. The van der Waals surface area contributed by atoms with E-state index in [4.69, 9.17) is 4.74 Å². The van der Waals surface area contributed by atoms with E-state index < -0.39 is 0 Å². The zero-order valence-electron chi connectivity index (χ0n) is 5.60. The van der Waals surface area contributed by atoms with Gasteiger partial charge in [-0.3, -0.25) is 0 Å². The van der Waals surface area contributed by atoms with Crippen molar-refractivity contribution in [1.29, 1.82) is 0 Å². The second kappa shape index (κ2) is 2.27. The highest BCUT2D eigenvalue weighted by Crippen LogP contribution is 2.22. The fourth-order valence-corrected chi connectivity index (χ4v) is 1.81. The number of ether oxygens (including phenoxy) is 1. The van der Waals surface area contributed by atoms with Crippen molar-refractivity contribution < 1.29 is 4.74 Å². The Labute approximate surface area is 55.6 Å². The molecule has 0 aromatic carbocycles. The van der Waals surface area contributed by atoms with Crippen molar-refractivity contribution in [3.63, 3.8) is 0 Å². The molecular formula is C7H13NO. The van der Waals surface area contributed by atoms with Crippen molar-refractivity contribution >= 4 is 0 Å². The maximum Gasteiger partial charge on any atom is 0.0622 e. The van der Waals surface area contributed by atoms with Crippen LogP contribution in [0.2, 0.25) is 0 Å². The molecule has 0 aromatic rings. The molecule has 0 amide bonds. The minimum atomic E-state index is 0.693. The van der Waals surface area contributed by atoms with E-state index in [2.05, 4.69) is 5.32 Å². The number of nitrogens with one attached hydrogen (secondary N) is 1. The molecule has 9 heavy (non-hydrogen) atoms. The van der Waals surface area contributed by atoms with Gasteiger partial charge in [-0.1, -0.05) is 0 Å². The van der Waals surface area contributed by atoms with Crippen LogP contribution in [0, 0.1) is 5.92 Å². The Morgan fingerprint density at radius 3 is 3.22 bits per heavy atom. The van der Waals surface area contributed by atoms with Crippen LogP contribution < -0.4 is 5.32 Å². The lowest BCUT2D eigenvalue weighted by Crippen LogP contribution is -2.36. The Hall–Kier alpha value is -0.0800. The van der Waals surface area contributed by atoms with Gasteiger partial charge in [0.05, 0.1) is 6.61 Å². The van der Waals surface area contributed by atoms with Gasteiger partial charge < -0.3 is 10.1 Å². The van der Waals surface area contributed by atoms with Crippen LogP contribution in [0.4, 0.5) is 0 Å². The molecule has 0 unspecified atom stereocenters. The van der Waals surface area contributed by atoms with Gasteiger partial charge in [0.25, 0.3) is 0 Å². The van der Waals surface area contributed by atoms with Gasteiger partial charge in [-0.05, 0) is 25.3 Å². The molecule has 0 spiro atoms. The maximum atomic E-state index is 5.32. The van der Waals surface area contributed by atoms with Gasteiger partial charge in [-0.2, -0.15) is 0 Å². The number of fused-ring (bicyclic) bond motifs is 1. The summed E-state index contributed by atoms with van der Waals surface area (Å²) in [5.74, 6) is 0.929. The van der Waals surface area contributed by atoms with Gasteiger partial charge in [-0.25, -0.2) is 0 Å². The van der Waals surface area contributed by atoms with Gasteiger partial charge in [-0.15, -0.1) is 0 Å². The van der Waals surface area contributed by atoms with E-state index in [1.807, 2.05) is 0 Å². The van der Waals surface area contributed by atoms with Crippen LogP contribution in [0.3, 0.4) is 0 Å². The van der Waals surface area contributed by atoms with Gasteiger partial charge >= 0.3 is 0 Å². The van der Waals surface area contributed by atoms with E-state index in [0.29, 0.717) is 6.04 Å². The smallest absolute Gasteiger partial charge is 0.0622 e. The lowest BCUT2D eigenvalue weighted by Gasteiger charge is -2.24. The van der Waals surface area contributed by atoms with Crippen LogP contribution in [-0.4, -0.2) is 25.8 Å². The van der Waals surface area contributed by atoms with Crippen LogP contribution >= 0.6 is 0 Å². The van der Waals surface area contributed by atoms with Crippen molar-refractivity contribution in [2.24, 2.45) is 5.92 Å². The first-order chi connectivity index (χ1) is 4.47. The summed E-state index contributed by atoms with van der Waals surface area (Å²) in [5, 5.41) is 3.43. The Bertz CT molecular complexity index is 93.1. The zero-order chi connectivity index (χ0) is 6.10. The Kier molecular flexibility index (Phi) is 1.44. The molecule has 0 bridgehead atoms. The van der Waals surface area contributed by atoms with E-state index >= 15 is 0 Å². The maximum absolute atomic E-state index is 5.32. The predicted molar refractivity (Wildman–Crippen MR) is 35.3 cm³/mol. The summed E-state index contributed by atoms with van der Waals surface area (Å²) >= 11 is 0. The molecule has 2 heterocycles. The highest BCUT2D eigenvalue weighted by Gasteiger charge is 2.29. The average molecular weight is 127 g/mol. The molecule has 2 nitrogen and oxygen atoms in total. The molecule has 2 aliphatic heterocycles. The topological polar surface area (TPSA) is 21.3 Å². The number of hydrogen-bond donors (Lipinski definition) is 1. The molecule has 2 atom stereocenters. The molecule has 2 aliphatic rings. The predicted octanol–water partition coefficient (Wildman–Crippen LogP) is 0.385. The van der Waals surface area contributed by atoms with Crippen LogP contribution in [0.1, 0.15) is 12.8 Å². The second-order valence-electron chi connectivity index (χ2n) is 2.97. The first-order valence-electron chi connectivity index (χ1n) is 3.78. The van der Waals surface area contributed by atoms with Gasteiger partial charge in [0.1, 0.15) is 0 Å². The summed E-state index contributed by atoms with van der Waals surface area (Å²) in [6, 6.07) is 0.693. The summed E-state index contributed by atoms with van der Waals surface area (Å²) in [7, 11) is 0. The summed E-state index contributed by atoms with van der Waals surface area (Å²) < 4.78 is 5.32. The number of hydrogen-bond acceptors (Lipinski definition) is 2. The molecule has 52 valence electrons. The molecule has 2 saturated heterocycles. The molecule has 2 rings (SSSR count). The molecule has 1 N–H and O–H groups in total. The van der Waals surface area contributed by atoms with Crippen molar-refractivity contribution in [3.8, 4) is 0 Å². The van der Waals surface area contributed by atoms with Crippen LogP contribution in [0.15, 0.2) is 0 Å². The standard InChI is InChI=1S/C7H13NO/c1-3-8-7-5-9-4-2-6(1)7/h6-8H,1-5H2/t6-,7-/m0/s1. The molecule has 0 aliphatic carbocycles. The van der Waals surface area contributed by atoms with Crippen molar-refractivity contribution in [2.45, 2.75) is 18.9 Å². The summed E-state index contributed by atoms with van der Waals surface area (Å²) in [6.45, 7) is 3.15. The summed E-state index contributed by atoms with van der Waals surface area (Å²) in [4.78, 5) is 0. The van der Waals surface area contributed by atoms with Crippen molar-refractivity contribution in [1.82, 2.24) is 5.32 Å². The van der Waals surface area contributed by atoms with Crippen molar-refractivity contribution in [2.75, 3.05) is 19.8 Å². The quantitative estimate of drug-likeness (QED) is 0.508. The summed E-state index contributed by atoms with van der Waals surface area (Å²) in [5.41, 5.74) is 0. The Morgan fingerprint density at radius 2 is 2.33 bits per heavy atom. The first-order valence-corrected chi connectivity index (χ1v) is 3.78. The van der Waals surface area contributed by atoms with E-state index in [0.717, 1.165) is 19.1 Å². The molecular weight excluding hydrogens is 114 g/mol. The van der Waals surface area contributed by atoms with E-state index in [1.165, 1.54) is 19.4 Å². The van der Waals surface area contributed by atoms with Crippen LogP contribution in [-0.2, 0) is 4.74 Å². The van der Waals surface area contributed by atoms with Gasteiger partial charge in [0, 0.05) is 12.6 Å². The van der Waals surface area contributed by atoms with Crippen molar-refractivity contribution in [3.05, 3.63) is 0 Å². The SMILES string of the molecule is C1C[C@H]2CCOC[C@@H]2N1. The third-order valence-electron chi connectivity index (χ3n) is 2.42. The fourth-order valence-electron chi connectivity index (χ4n) is 1.81. The third-order valence-corrected chi connectivity index (χ3v) is 2.42.